The molecule has 0 spiro atoms. The molecule has 1 rings (SSSR count). The topological polar surface area (TPSA) is 93.4 Å². The fourth-order valence-corrected chi connectivity index (χ4v) is 1.60. The van der Waals surface area contributed by atoms with Crippen LogP contribution < -0.4 is 5.32 Å². The van der Waals surface area contributed by atoms with Crippen LogP contribution in [0.4, 0.5) is 10.5 Å². The molecule has 2 amide bonds. The van der Waals surface area contributed by atoms with Crippen molar-refractivity contribution in [2.45, 2.75) is 6.92 Å². The van der Waals surface area contributed by atoms with Gasteiger partial charge in [-0.05, 0) is 25.1 Å². The van der Waals surface area contributed by atoms with Crippen LogP contribution in [-0.2, 0) is 4.79 Å². The average Bonchev–Trinajstić information content (AvgIpc) is 2.37. The van der Waals surface area contributed by atoms with Crippen LogP contribution in [0.1, 0.15) is 12.5 Å². The van der Waals surface area contributed by atoms with E-state index in [0.717, 1.165) is 4.90 Å². The van der Waals surface area contributed by atoms with E-state index in [1.165, 1.54) is 18.2 Å². The summed E-state index contributed by atoms with van der Waals surface area (Å²) in [6.45, 7) is 1.53. The zero-order chi connectivity index (χ0) is 14.4. The number of carboxylic acid groups (broad SMARTS) is 1. The summed E-state index contributed by atoms with van der Waals surface area (Å²) in [5, 5.41) is 20.1. The number of carbonyl (C=O) groups is 2. The molecule has 6 nitrogen and oxygen atoms in total. The molecular weight excluding hydrogens is 270 g/mol. The molecule has 7 heteroatoms. The standard InChI is InChI=1S/C12H12ClN3O3/c1-2-16(7-11(17)18)12(19)15-10-4-3-8(6-14)5-9(10)13/h3-5H,2,7H2,1H3,(H,15,19)(H,17,18). The first-order valence-corrected chi connectivity index (χ1v) is 5.83. The van der Waals surface area contributed by atoms with Gasteiger partial charge in [0.2, 0.25) is 0 Å². The van der Waals surface area contributed by atoms with Crippen LogP contribution in [0, 0.1) is 11.3 Å². The fourth-order valence-electron chi connectivity index (χ4n) is 1.37. The second kappa shape index (κ2) is 6.61. The van der Waals surface area contributed by atoms with E-state index in [1.54, 1.807) is 6.92 Å². The van der Waals surface area contributed by atoms with Crippen LogP contribution in [0.3, 0.4) is 0 Å². The number of aliphatic carboxylic acids is 1. The summed E-state index contributed by atoms with van der Waals surface area (Å²) in [4.78, 5) is 23.5. The van der Waals surface area contributed by atoms with Gasteiger partial charge in [-0.1, -0.05) is 11.6 Å². The number of carbonyl (C=O) groups excluding carboxylic acids is 1. The lowest BCUT2D eigenvalue weighted by atomic mass is 10.2. The van der Waals surface area contributed by atoms with E-state index < -0.39 is 18.5 Å². The number of halogens is 1. The predicted octanol–water partition coefficient (Wildman–Crippen LogP) is 2.15. The number of rotatable bonds is 4. The first kappa shape index (κ1) is 14.8. The molecule has 0 aromatic heterocycles. The molecule has 19 heavy (non-hydrogen) atoms. The van der Waals surface area contributed by atoms with Crippen molar-refractivity contribution in [3.63, 3.8) is 0 Å². The Hall–Kier alpha value is -2.26. The molecule has 0 aliphatic rings. The molecular formula is C12H12ClN3O3. The van der Waals surface area contributed by atoms with Gasteiger partial charge in [-0.15, -0.1) is 0 Å². The van der Waals surface area contributed by atoms with Crippen molar-refractivity contribution in [3.8, 4) is 6.07 Å². The van der Waals surface area contributed by atoms with Crippen molar-refractivity contribution in [3.05, 3.63) is 28.8 Å². The first-order chi connectivity index (χ1) is 8.97. The summed E-state index contributed by atoms with van der Waals surface area (Å²) in [5.41, 5.74) is 0.704. The van der Waals surface area contributed by atoms with Crippen molar-refractivity contribution in [2.75, 3.05) is 18.4 Å². The van der Waals surface area contributed by atoms with Crippen molar-refractivity contribution in [1.29, 1.82) is 5.26 Å². The lowest BCUT2D eigenvalue weighted by Crippen LogP contribution is -2.38. The number of nitriles is 1. The summed E-state index contributed by atoms with van der Waals surface area (Å²) in [6, 6.07) is 5.79. The van der Waals surface area contributed by atoms with E-state index in [0.29, 0.717) is 11.3 Å². The first-order valence-electron chi connectivity index (χ1n) is 5.45. The number of urea groups is 1. The molecule has 0 saturated carbocycles. The van der Waals surface area contributed by atoms with Crippen molar-refractivity contribution < 1.29 is 14.7 Å². The van der Waals surface area contributed by atoms with Crippen LogP contribution in [0.25, 0.3) is 0 Å². The van der Waals surface area contributed by atoms with Crippen LogP contribution >= 0.6 is 11.6 Å². The summed E-state index contributed by atoms with van der Waals surface area (Å²) >= 11 is 5.91. The average molecular weight is 282 g/mol. The number of carboxylic acids is 1. The Bertz CT molecular complexity index is 540. The molecule has 0 radical (unpaired) electrons. The summed E-state index contributed by atoms with van der Waals surface area (Å²) in [6.07, 6.45) is 0. The smallest absolute Gasteiger partial charge is 0.323 e. The molecule has 1 aromatic carbocycles. The second-order valence-corrected chi connectivity index (χ2v) is 4.05. The largest absolute Gasteiger partial charge is 0.480 e. The quantitative estimate of drug-likeness (QED) is 0.884. The van der Waals surface area contributed by atoms with Gasteiger partial charge in [-0.2, -0.15) is 5.26 Å². The number of nitrogens with zero attached hydrogens (tertiary/aromatic N) is 2. The number of nitrogens with one attached hydrogen (secondary N) is 1. The summed E-state index contributed by atoms with van der Waals surface area (Å²) < 4.78 is 0. The van der Waals surface area contributed by atoms with E-state index in [-0.39, 0.29) is 11.6 Å². The highest BCUT2D eigenvalue weighted by Crippen LogP contribution is 2.23. The molecule has 0 atom stereocenters. The maximum absolute atomic E-state index is 11.8. The number of anilines is 1. The lowest BCUT2D eigenvalue weighted by molar-refractivity contribution is -0.137. The third-order valence-corrected chi connectivity index (χ3v) is 2.65. The minimum atomic E-state index is -1.09. The highest BCUT2D eigenvalue weighted by molar-refractivity contribution is 6.33. The summed E-state index contributed by atoms with van der Waals surface area (Å²) in [7, 11) is 0. The van der Waals surface area contributed by atoms with E-state index in [2.05, 4.69) is 5.32 Å². The minimum Gasteiger partial charge on any atom is -0.480 e. The van der Waals surface area contributed by atoms with Gasteiger partial charge in [0.15, 0.2) is 0 Å². The Labute approximate surface area is 115 Å². The van der Waals surface area contributed by atoms with E-state index in [1.807, 2.05) is 6.07 Å². The van der Waals surface area contributed by atoms with Crippen LogP contribution in [-0.4, -0.2) is 35.1 Å². The zero-order valence-corrected chi connectivity index (χ0v) is 10.9. The van der Waals surface area contributed by atoms with Gasteiger partial charge in [-0.25, -0.2) is 4.79 Å². The Balaban J connectivity index is 2.81. The molecule has 1 aromatic rings. The van der Waals surface area contributed by atoms with E-state index >= 15 is 0 Å². The molecule has 0 aliphatic heterocycles. The second-order valence-electron chi connectivity index (χ2n) is 3.64. The molecule has 2 N–H and O–H groups in total. The Kier molecular flexibility index (Phi) is 5.15. The van der Waals surface area contributed by atoms with Crippen molar-refractivity contribution >= 4 is 29.3 Å². The van der Waals surface area contributed by atoms with Gasteiger partial charge in [0.25, 0.3) is 0 Å². The molecule has 0 heterocycles. The van der Waals surface area contributed by atoms with Crippen LogP contribution in [0.2, 0.25) is 5.02 Å². The highest BCUT2D eigenvalue weighted by Gasteiger charge is 2.16. The Morgan fingerprint density at radius 2 is 2.21 bits per heavy atom. The minimum absolute atomic E-state index is 0.221. The fraction of sp³-hybridized carbons (Fsp3) is 0.250. The number of hydrogen-bond donors (Lipinski definition) is 2. The zero-order valence-electron chi connectivity index (χ0n) is 10.2. The van der Waals surface area contributed by atoms with Crippen LogP contribution in [0.15, 0.2) is 18.2 Å². The van der Waals surface area contributed by atoms with E-state index in [4.69, 9.17) is 22.0 Å². The molecule has 0 aliphatic carbocycles. The SMILES string of the molecule is CCN(CC(=O)O)C(=O)Nc1ccc(C#N)cc1Cl. The lowest BCUT2D eigenvalue weighted by Gasteiger charge is -2.19. The maximum Gasteiger partial charge on any atom is 0.323 e. The monoisotopic (exact) mass is 281 g/mol. The van der Waals surface area contributed by atoms with Gasteiger partial charge in [-0.3, -0.25) is 4.79 Å². The van der Waals surface area contributed by atoms with Crippen molar-refractivity contribution in [1.82, 2.24) is 4.90 Å². The van der Waals surface area contributed by atoms with E-state index in [9.17, 15) is 9.59 Å². The Morgan fingerprint density at radius 1 is 1.53 bits per heavy atom. The van der Waals surface area contributed by atoms with Gasteiger partial charge < -0.3 is 15.3 Å². The Morgan fingerprint density at radius 3 is 2.68 bits per heavy atom. The van der Waals surface area contributed by atoms with Gasteiger partial charge >= 0.3 is 12.0 Å². The third kappa shape index (κ3) is 4.16. The summed E-state index contributed by atoms with van der Waals surface area (Å²) in [5.74, 6) is -1.09. The molecule has 0 unspecified atom stereocenters. The number of hydrogen-bond acceptors (Lipinski definition) is 3. The molecule has 0 saturated heterocycles. The molecule has 0 fully saturated rings. The third-order valence-electron chi connectivity index (χ3n) is 2.33. The molecule has 0 bridgehead atoms. The predicted molar refractivity (Wildman–Crippen MR) is 70.1 cm³/mol. The van der Waals surface area contributed by atoms with Gasteiger partial charge in [0, 0.05) is 6.54 Å². The highest BCUT2D eigenvalue weighted by atomic mass is 35.5. The number of benzene rings is 1. The molecule has 100 valence electrons. The normalized spacial score (nSPS) is 9.53. The number of amides is 2. The number of likely N-dealkylation sites (N-methyl/N-ethyl adjacent to an activating group) is 1. The maximum atomic E-state index is 11.8. The van der Waals surface area contributed by atoms with Gasteiger partial charge in [0.05, 0.1) is 22.3 Å². The van der Waals surface area contributed by atoms with Gasteiger partial charge in [0.1, 0.15) is 6.54 Å². The van der Waals surface area contributed by atoms with Crippen molar-refractivity contribution in [2.24, 2.45) is 0 Å². The van der Waals surface area contributed by atoms with Crippen LogP contribution in [0.5, 0.6) is 0 Å².